The summed E-state index contributed by atoms with van der Waals surface area (Å²) in [5.74, 6) is -2.01. The molecule has 1 aliphatic heterocycles. The van der Waals surface area contributed by atoms with Crippen LogP contribution in [0.25, 0.3) is 21.5 Å². The monoisotopic (exact) mass is 510 g/mol. The standard InChI is InChI=1S/C33H22N2O4/c1-17-12-22(35(38)39)10-11-27(17)34-32(36)30-28-23-13-18-6-2-3-7-19(18)14-24(23)29(31(30)33(34)37)26-16-21-9-5-4-8-20(21)15-25(26)28/h2-16,28-31H,1H3. The molecule has 1 heterocycles. The Labute approximate surface area is 223 Å². The fraction of sp³-hybridized carbons (Fsp3) is 0.152. The number of nitrogens with zero attached hydrogens (tertiary/aromatic N) is 2. The average Bonchev–Trinajstić information content (AvgIpc) is 3.20. The Bertz CT molecular complexity index is 1750. The quantitative estimate of drug-likeness (QED) is 0.152. The molecule has 2 bridgehead atoms. The Hall–Kier alpha value is -4.84. The van der Waals surface area contributed by atoms with Crippen LogP contribution in [0.4, 0.5) is 11.4 Å². The summed E-state index contributed by atoms with van der Waals surface area (Å²) in [6.45, 7) is 1.71. The van der Waals surface area contributed by atoms with E-state index in [-0.39, 0.29) is 29.3 Å². The predicted molar refractivity (Wildman–Crippen MR) is 149 cm³/mol. The smallest absolute Gasteiger partial charge is 0.269 e. The first-order valence-electron chi connectivity index (χ1n) is 13.1. The Morgan fingerprint density at radius 1 is 0.641 bits per heavy atom. The van der Waals surface area contributed by atoms with Gasteiger partial charge in [0, 0.05) is 24.0 Å². The molecule has 6 heteroatoms. The first-order chi connectivity index (χ1) is 18.9. The molecule has 5 aromatic rings. The number of non-ortho nitro benzene ring substituents is 1. The van der Waals surface area contributed by atoms with Crippen LogP contribution in [0.5, 0.6) is 0 Å². The third-order valence-corrected chi connectivity index (χ3v) is 8.99. The maximum atomic E-state index is 14.2. The number of amides is 2. The van der Waals surface area contributed by atoms with Gasteiger partial charge in [-0.1, -0.05) is 72.8 Å². The summed E-state index contributed by atoms with van der Waals surface area (Å²) in [6, 6.07) is 29.6. The highest BCUT2D eigenvalue weighted by Gasteiger charge is 2.62. The molecule has 0 aromatic heterocycles. The molecule has 3 aliphatic carbocycles. The maximum Gasteiger partial charge on any atom is 0.269 e. The molecule has 0 saturated carbocycles. The van der Waals surface area contributed by atoms with Crippen LogP contribution in [0.2, 0.25) is 0 Å². The number of benzene rings is 5. The van der Waals surface area contributed by atoms with Crippen molar-refractivity contribution in [1.82, 2.24) is 0 Å². The topological polar surface area (TPSA) is 80.5 Å². The second kappa shape index (κ2) is 7.60. The van der Waals surface area contributed by atoms with Crippen molar-refractivity contribution in [2.45, 2.75) is 18.8 Å². The van der Waals surface area contributed by atoms with Crippen LogP contribution in [0.15, 0.2) is 91.0 Å². The van der Waals surface area contributed by atoms with Crippen molar-refractivity contribution in [3.63, 3.8) is 0 Å². The van der Waals surface area contributed by atoms with Crippen molar-refractivity contribution in [3.05, 3.63) is 129 Å². The van der Waals surface area contributed by atoms with Crippen LogP contribution >= 0.6 is 0 Å². The zero-order valence-electron chi connectivity index (χ0n) is 21.0. The summed E-state index contributed by atoms with van der Waals surface area (Å²) in [5, 5.41) is 15.8. The summed E-state index contributed by atoms with van der Waals surface area (Å²) >= 11 is 0. The van der Waals surface area contributed by atoms with Crippen molar-refractivity contribution in [1.29, 1.82) is 0 Å². The summed E-state index contributed by atoms with van der Waals surface area (Å²) in [4.78, 5) is 40.6. The number of nitro groups is 1. The molecular formula is C33H22N2O4. The van der Waals surface area contributed by atoms with Crippen LogP contribution < -0.4 is 4.90 Å². The zero-order chi connectivity index (χ0) is 26.6. The molecule has 0 spiro atoms. The van der Waals surface area contributed by atoms with E-state index in [0.29, 0.717) is 11.3 Å². The molecule has 4 aliphatic rings. The predicted octanol–water partition coefficient (Wildman–Crippen LogP) is 6.61. The lowest BCUT2D eigenvalue weighted by atomic mass is 9.54. The van der Waals surface area contributed by atoms with Gasteiger partial charge in [0.05, 0.1) is 22.4 Å². The van der Waals surface area contributed by atoms with E-state index in [4.69, 9.17) is 0 Å². The first-order valence-corrected chi connectivity index (χ1v) is 13.1. The lowest BCUT2D eigenvalue weighted by Gasteiger charge is -2.46. The number of hydrogen-bond donors (Lipinski definition) is 0. The van der Waals surface area contributed by atoms with Crippen molar-refractivity contribution in [2.24, 2.45) is 11.8 Å². The minimum atomic E-state index is -0.528. The highest BCUT2D eigenvalue weighted by molar-refractivity contribution is 6.24. The molecule has 0 N–H and O–H groups in total. The van der Waals surface area contributed by atoms with Gasteiger partial charge in [0.15, 0.2) is 0 Å². The zero-order valence-corrected chi connectivity index (χ0v) is 21.0. The van der Waals surface area contributed by atoms with Crippen LogP contribution in [0, 0.1) is 28.9 Å². The van der Waals surface area contributed by atoms with Gasteiger partial charge in [-0.05, 0) is 62.4 Å². The molecule has 1 fully saturated rings. The summed E-state index contributed by atoms with van der Waals surface area (Å²) in [7, 11) is 0. The highest BCUT2D eigenvalue weighted by Crippen LogP contribution is 2.62. The van der Waals surface area contributed by atoms with Gasteiger partial charge in [-0.3, -0.25) is 19.7 Å². The number of fused-ring (bicyclic) bond motifs is 2. The van der Waals surface area contributed by atoms with Gasteiger partial charge in [-0.2, -0.15) is 0 Å². The minimum absolute atomic E-state index is 0.0639. The van der Waals surface area contributed by atoms with Gasteiger partial charge in [-0.15, -0.1) is 0 Å². The highest BCUT2D eigenvalue weighted by atomic mass is 16.6. The number of imide groups is 1. The van der Waals surface area contributed by atoms with Gasteiger partial charge >= 0.3 is 0 Å². The van der Waals surface area contributed by atoms with E-state index in [2.05, 4.69) is 48.5 Å². The normalized spacial score (nSPS) is 22.7. The van der Waals surface area contributed by atoms with Gasteiger partial charge in [-0.25, -0.2) is 4.90 Å². The van der Waals surface area contributed by atoms with Gasteiger partial charge in [0.2, 0.25) is 11.8 Å². The number of hydrogen-bond acceptors (Lipinski definition) is 4. The number of aryl methyl sites for hydroxylation is 1. The molecule has 1 saturated heterocycles. The molecule has 0 radical (unpaired) electrons. The number of carbonyl (C=O) groups is 2. The lowest BCUT2D eigenvalue weighted by molar-refractivity contribution is -0.384. The molecule has 2 atom stereocenters. The molecule has 5 aromatic carbocycles. The van der Waals surface area contributed by atoms with Gasteiger partial charge in [0.25, 0.3) is 5.69 Å². The molecule has 2 unspecified atom stereocenters. The number of rotatable bonds is 2. The third kappa shape index (κ3) is 2.86. The molecule has 2 amide bonds. The second-order valence-electron chi connectivity index (χ2n) is 10.9. The Morgan fingerprint density at radius 2 is 1.05 bits per heavy atom. The van der Waals surface area contributed by atoms with E-state index >= 15 is 0 Å². The Morgan fingerprint density at radius 3 is 1.41 bits per heavy atom. The van der Waals surface area contributed by atoms with Crippen molar-refractivity contribution in [3.8, 4) is 0 Å². The van der Waals surface area contributed by atoms with Crippen molar-refractivity contribution in [2.75, 3.05) is 4.90 Å². The molecular weight excluding hydrogens is 488 g/mol. The summed E-state index contributed by atoms with van der Waals surface area (Å²) in [6.07, 6.45) is 0. The van der Waals surface area contributed by atoms with E-state index in [1.54, 1.807) is 6.92 Å². The van der Waals surface area contributed by atoms with Crippen molar-refractivity contribution < 1.29 is 14.5 Å². The fourth-order valence-electron chi connectivity index (χ4n) is 7.39. The van der Waals surface area contributed by atoms with E-state index in [9.17, 15) is 19.7 Å². The second-order valence-corrected chi connectivity index (χ2v) is 10.9. The number of carbonyl (C=O) groups excluding carboxylic acids is 2. The Balaban J connectivity index is 1.37. The molecule has 39 heavy (non-hydrogen) atoms. The Kier molecular flexibility index (Phi) is 4.32. The van der Waals surface area contributed by atoms with Crippen LogP contribution in [0.1, 0.15) is 39.7 Å². The molecule has 188 valence electrons. The third-order valence-electron chi connectivity index (χ3n) is 8.99. The summed E-state index contributed by atoms with van der Waals surface area (Å²) in [5.41, 5.74) is 5.36. The van der Waals surface area contributed by atoms with Crippen molar-refractivity contribution >= 4 is 44.7 Å². The van der Waals surface area contributed by atoms with Crippen LogP contribution in [0.3, 0.4) is 0 Å². The summed E-state index contributed by atoms with van der Waals surface area (Å²) < 4.78 is 0. The average molecular weight is 511 g/mol. The lowest BCUT2D eigenvalue weighted by Crippen LogP contribution is -2.41. The van der Waals surface area contributed by atoms with E-state index < -0.39 is 16.8 Å². The molecule has 9 rings (SSSR count). The molecule has 6 nitrogen and oxygen atoms in total. The SMILES string of the molecule is Cc1cc([N+](=O)[O-])ccc1N1C(=O)C2C3c4cc5ccccc5cc4C(c4cc5ccccc5cc43)C2C1=O. The first kappa shape index (κ1) is 22.2. The van der Waals surface area contributed by atoms with E-state index in [0.717, 1.165) is 43.8 Å². The van der Waals surface area contributed by atoms with Gasteiger partial charge in [0.1, 0.15) is 0 Å². The van der Waals surface area contributed by atoms with E-state index in [1.807, 2.05) is 24.3 Å². The van der Waals surface area contributed by atoms with Crippen LogP contribution in [-0.4, -0.2) is 16.7 Å². The van der Waals surface area contributed by atoms with Gasteiger partial charge < -0.3 is 0 Å². The number of nitro benzene ring substituents is 1. The van der Waals surface area contributed by atoms with E-state index in [1.165, 1.54) is 23.1 Å². The van der Waals surface area contributed by atoms with Crippen LogP contribution in [-0.2, 0) is 9.59 Å². The minimum Gasteiger partial charge on any atom is -0.274 e. The maximum absolute atomic E-state index is 14.2. The number of anilines is 1. The largest absolute Gasteiger partial charge is 0.274 e. The fourth-order valence-corrected chi connectivity index (χ4v) is 7.39.